The summed E-state index contributed by atoms with van der Waals surface area (Å²) < 4.78 is 0. The molecule has 0 unspecified atom stereocenters. The average Bonchev–Trinajstić information content (AvgIpc) is 2.56. The number of hydrogen-bond acceptors (Lipinski definition) is 7. The number of carbonyl (C=O) groups is 1. The molecule has 2 aromatic heterocycles. The standard InChI is InChI=1S/C16H12N4O3.2Na/c21-14-13(15(22)23)9-18-16(20-14)19-12-3-1-10(2-4-12)11-5-7-17-8-6-11;;/h1-9H,(H,22,23)(H2,18,19,20,21);;/q;2*+1/p-2. The van der Waals surface area contributed by atoms with Gasteiger partial charge in [0.1, 0.15) is 0 Å². The van der Waals surface area contributed by atoms with Gasteiger partial charge in [0.05, 0.1) is 5.97 Å². The Hall–Kier alpha value is -1.48. The third kappa shape index (κ3) is 5.50. The molecule has 0 aliphatic heterocycles. The maximum atomic E-state index is 11.5. The van der Waals surface area contributed by atoms with E-state index in [1.807, 2.05) is 24.3 Å². The van der Waals surface area contributed by atoms with Crippen LogP contribution in [-0.2, 0) is 0 Å². The van der Waals surface area contributed by atoms with Gasteiger partial charge in [-0.3, -0.25) is 4.98 Å². The molecule has 3 rings (SSSR count). The fraction of sp³-hybridized carbons (Fsp3) is 0. The molecular formula is C16H10N4Na2O3. The largest absolute Gasteiger partial charge is 1.00 e. The minimum absolute atomic E-state index is 0. The van der Waals surface area contributed by atoms with E-state index in [1.54, 1.807) is 24.5 Å². The van der Waals surface area contributed by atoms with Gasteiger partial charge in [0.2, 0.25) is 5.95 Å². The van der Waals surface area contributed by atoms with Crippen molar-refractivity contribution in [3.63, 3.8) is 0 Å². The van der Waals surface area contributed by atoms with Crippen LogP contribution < -0.4 is 74.6 Å². The van der Waals surface area contributed by atoms with Crippen LogP contribution in [0.25, 0.3) is 11.1 Å². The Morgan fingerprint density at radius 2 is 1.56 bits per heavy atom. The first-order chi connectivity index (χ1) is 11.1. The van der Waals surface area contributed by atoms with E-state index in [0.29, 0.717) is 5.69 Å². The van der Waals surface area contributed by atoms with E-state index in [-0.39, 0.29) is 65.1 Å². The SMILES string of the molecule is O=C([O-])c1cnc(Nc2ccc(-c3ccncc3)cc2)nc1[O-].[Na+].[Na+]. The number of aromatic nitrogens is 3. The Morgan fingerprint density at radius 1 is 0.960 bits per heavy atom. The Bertz CT molecular complexity index is 846. The number of carboxylic acid groups (broad SMARTS) is 1. The molecule has 0 bridgehead atoms. The van der Waals surface area contributed by atoms with Crippen LogP contribution in [0.5, 0.6) is 5.88 Å². The van der Waals surface area contributed by atoms with Crippen molar-refractivity contribution in [3.05, 3.63) is 60.6 Å². The predicted octanol–water partition coefficient (Wildman–Crippen LogP) is -5.27. The zero-order valence-corrected chi connectivity index (χ0v) is 17.8. The molecule has 0 fully saturated rings. The van der Waals surface area contributed by atoms with Crippen molar-refractivity contribution in [2.75, 3.05) is 5.32 Å². The maximum absolute atomic E-state index is 11.5. The minimum atomic E-state index is -1.59. The van der Waals surface area contributed by atoms with Crippen LogP contribution in [0.2, 0.25) is 0 Å². The van der Waals surface area contributed by atoms with Gasteiger partial charge in [0, 0.05) is 35.7 Å². The van der Waals surface area contributed by atoms with Crippen LogP contribution in [0.3, 0.4) is 0 Å². The number of nitrogens with one attached hydrogen (secondary N) is 1. The summed E-state index contributed by atoms with van der Waals surface area (Å²) in [6, 6.07) is 11.2. The molecule has 3 aromatic rings. The second-order valence-corrected chi connectivity index (χ2v) is 4.64. The van der Waals surface area contributed by atoms with Crippen molar-refractivity contribution >= 4 is 17.6 Å². The van der Waals surface area contributed by atoms with Gasteiger partial charge < -0.3 is 20.3 Å². The zero-order chi connectivity index (χ0) is 16.2. The topological polar surface area (TPSA) is 114 Å². The van der Waals surface area contributed by atoms with Crippen molar-refractivity contribution in [1.29, 1.82) is 0 Å². The number of aromatic carboxylic acids is 1. The van der Waals surface area contributed by atoms with Crippen LogP contribution >= 0.6 is 0 Å². The minimum Gasteiger partial charge on any atom is -0.858 e. The van der Waals surface area contributed by atoms with Crippen LogP contribution in [0.15, 0.2) is 55.0 Å². The van der Waals surface area contributed by atoms with E-state index in [9.17, 15) is 15.0 Å². The molecule has 114 valence electrons. The first-order valence-corrected chi connectivity index (χ1v) is 6.66. The van der Waals surface area contributed by atoms with E-state index in [4.69, 9.17) is 0 Å². The monoisotopic (exact) mass is 352 g/mol. The van der Waals surface area contributed by atoms with Crippen molar-refractivity contribution in [1.82, 2.24) is 15.0 Å². The Balaban J connectivity index is 0.00000156. The van der Waals surface area contributed by atoms with Gasteiger partial charge in [0.15, 0.2) is 0 Å². The average molecular weight is 352 g/mol. The van der Waals surface area contributed by atoms with Crippen LogP contribution in [-0.4, -0.2) is 20.9 Å². The van der Waals surface area contributed by atoms with Gasteiger partial charge in [-0.05, 0) is 35.4 Å². The normalized spacial score (nSPS) is 9.44. The van der Waals surface area contributed by atoms with Gasteiger partial charge >= 0.3 is 59.1 Å². The number of carboxylic acids is 1. The number of nitrogens with zero attached hydrogens (tertiary/aromatic N) is 3. The molecular weight excluding hydrogens is 342 g/mol. The van der Waals surface area contributed by atoms with E-state index >= 15 is 0 Å². The van der Waals surface area contributed by atoms with Crippen molar-refractivity contribution in [2.24, 2.45) is 0 Å². The molecule has 0 saturated carbocycles. The second kappa shape index (κ2) is 9.86. The van der Waals surface area contributed by atoms with Crippen LogP contribution in [0, 0.1) is 0 Å². The summed E-state index contributed by atoms with van der Waals surface area (Å²) in [5.74, 6) is -2.46. The molecule has 25 heavy (non-hydrogen) atoms. The van der Waals surface area contributed by atoms with Crippen LogP contribution in [0.1, 0.15) is 10.4 Å². The Morgan fingerprint density at radius 3 is 2.12 bits per heavy atom. The van der Waals surface area contributed by atoms with E-state index < -0.39 is 17.4 Å². The maximum Gasteiger partial charge on any atom is 1.00 e. The Labute approximate surface area is 188 Å². The predicted molar refractivity (Wildman–Crippen MR) is 78.8 cm³/mol. The quantitative estimate of drug-likeness (QED) is 0.467. The number of pyridine rings is 1. The molecule has 0 aliphatic rings. The zero-order valence-electron chi connectivity index (χ0n) is 13.8. The van der Waals surface area contributed by atoms with Gasteiger partial charge in [-0.25, -0.2) is 9.97 Å². The summed E-state index contributed by atoms with van der Waals surface area (Å²) in [4.78, 5) is 22.0. The fourth-order valence-corrected chi connectivity index (χ4v) is 1.99. The number of anilines is 2. The van der Waals surface area contributed by atoms with Gasteiger partial charge in [-0.15, -0.1) is 0 Å². The molecule has 0 radical (unpaired) electrons. The number of hydrogen-bond donors (Lipinski definition) is 1. The molecule has 0 aliphatic carbocycles. The van der Waals surface area contributed by atoms with Crippen LogP contribution in [0.4, 0.5) is 11.6 Å². The van der Waals surface area contributed by atoms with Gasteiger partial charge in [0.25, 0.3) is 0 Å². The van der Waals surface area contributed by atoms with Crippen molar-refractivity contribution in [3.8, 4) is 17.0 Å². The number of benzene rings is 1. The smallest absolute Gasteiger partial charge is 0.858 e. The third-order valence-corrected chi connectivity index (χ3v) is 3.13. The van der Waals surface area contributed by atoms with E-state index in [0.717, 1.165) is 17.3 Å². The summed E-state index contributed by atoms with van der Waals surface area (Å²) in [6.45, 7) is 0. The molecule has 0 amide bonds. The second-order valence-electron chi connectivity index (χ2n) is 4.64. The third-order valence-electron chi connectivity index (χ3n) is 3.13. The summed E-state index contributed by atoms with van der Waals surface area (Å²) in [6.07, 6.45) is 4.35. The summed E-state index contributed by atoms with van der Waals surface area (Å²) in [5, 5.41) is 25.0. The van der Waals surface area contributed by atoms with Gasteiger partial charge in [-0.1, -0.05) is 12.1 Å². The number of rotatable bonds is 4. The molecule has 9 heteroatoms. The van der Waals surface area contributed by atoms with E-state index in [1.165, 1.54) is 0 Å². The Kier molecular flexibility index (Phi) is 8.51. The molecule has 1 aromatic carbocycles. The molecule has 2 heterocycles. The molecule has 0 spiro atoms. The molecule has 0 saturated heterocycles. The first kappa shape index (κ1) is 21.6. The summed E-state index contributed by atoms with van der Waals surface area (Å²) >= 11 is 0. The molecule has 1 N–H and O–H groups in total. The van der Waals surface area contributed by atoms with E-state index in [2.05, 4.69) is 20.3 Å². The van der Waals surface area contributed by atoms with Crippen molar-refractivity contribution in [2.45, 2.75) is 0 Å². The molecule has 0 atom stereocenters. The van der Waals surface area contributed by atoms with Gasteiger partial charge in [-0.2, -0.15) is 0 Å². The summed E-state index contributed by atoms with van der Waals surface area (Å²) in [5.41, 5.74) is 2.14. The number of carbonyl (C=O) groups excluding carboxylic acids is 1. The first-order valence-electron chi connectivity index (χ1n) is 6.66. The molecule has 7 nitrogen and oxygen atoms in total. The van der Waals surface area contributed by atoms with Crippen molar-refractivity contribution < 1.29 is 74.1 Å². The summed E-state index contributed by atoms with van der Waals surface area (Å²) in [7, 11) is 0. The fourth-order valence-electron chi connectivity index (χ4n) is 1.99.